The van der Waals surface area contributed by atoms with Gasteiger partial charge in [0.25, 0.3) is 10.0 Å². The summed E-state index contributed by atoms with van der Waals surface area (Å²) in [6.07, 6.45) is 4.75. The molecule has 30 heavy (non-hydrogen) atoms. The average molecular weight is 463 g/mol. The van der Waals surface area contributed by atoms with Crippen LogP contribution < -0.4 is 4.72 Å². The van der Waals surface area contributed by atoms with E-state index in [1.165, 1.54) is 24.4 Å². The monoisotopic (exact) mass is 462 g/mol. The van der Waals surface area contributed by atoms with Gasteiger partial charge in [0.2, 0.25) is 5.13 Å². The van der Waals surface area contributed by atoms with Crippen molar-refractivity contribution < 1.29 is 8.42 Å². The van der Waals surface area contributed by atoms with Gasteiger partial charge in [-0.1, -0.05) is 54.4 Å². The lowest BCUT2D eigenvalue weighted by molar-refractivity contribution is 0.103. The zero-order valence-corrected chi connectivity index (χ0v) is 18.9. The van der Waals surface area contributed by atoms with E-state index in [0.29, 0.717) is 11.1 Å². The van der Waals surface area contributed by atoms with Crippen molar-refractivity contribution in [1.29, 1.82) is 0 Å². The average Bonchev–Trinajstić information content (AvgIpc) is 3.26. The van der Waals surface area contributed by atoms with E-state index in [0.717, 1.165) is 36.5 Å². The minimum atomic E-state index is -3.77. The Labute approximate surface area is 186 Å². The Morgan fingerprint density at radius 3 is 2.70 bits per heavy atom. The summed E-state index contributed by atoms with van der Waals surface area (Å²) >= 11 is 7.56. The summed E-state index contributed by atoms with van der Waals surface area (Å²) in [6, 6.07) is 15.8. The molecule has 4 rings (SSSR count). The van der Waals surface area contributed by atoms with Gasteiger partial charge in [-0.2, -0.15) is 4.37 Å². The summed E-state index contributed by atoms with van der Waals surface area (Å²) in [4.78, 5) is 6.45. The molecule has 1 aromatic heterocycles. The summed E-state index contributed by atoms with van der Waals surface area (Å²) in [5.74, 6) is 0. The molecule has 9 heteroatoms. The summed E-state index contributed by atoms with van der Waals surface area (Å²) in [6.45, 7) is 3.12. The highest BCUT2D eigenvalue weighted by molar-refractivity contribution is 7.93. The fraction of sp³-hybridized carbons (Fsp3) is 0.333. The highest BCUT2D eigenvalue weighted by Crippen LogP contribution is 2.39. The van der Waals surface area contributed by atoms with Crippen LogP contribution in [0.25, 0.3) is 0 Å². The molecule has 0 amide bonds. The number of hydrogen-bond acceptors (Lipinski definition) is 6. The molecule has 1 fully saturated rings. The Morgan fingerprint density at radius 2 is 2.00 bits per heavy atom. The Kier molecular flexibility index (Phi) is 6.38. The lowest BCUT2D eigenvalue weighted by Gasteiger charge is -2.40. The van der Waals surface area contributed by atoms with Crippen LogP contribution >= 0.6 is 23.1 Å². The second kappa shape index (κ2) is 9.01. The Balaban J connectivity index is 1.59. The van der Waals surface area contributed by atoms with Crippen molar-refractivity contribution in [1.82, 2.24) is 14.3 Å². The van der Waals surface area contributed by atoms with E-state index in [1.54, 1.807) is 6.07 Å². The Morgan fingerprint density at radius 1 is 1.20 bits per heavy atom. The number of nitrogens with one attached hydrogen (secondary N) is 1. The second-order valence-electron chi connectivity index (χ2n) is 7.37. The second-order valence-corrected chi connectivity index (χ2v) is 10.2. The van der Waals surface area contributed by atoms with Crippen molar-refractivity contribution in [3.8, 4) is 0 Å². The predicted molar refractivity (Wildman–Crippen MR) is 120 cm³/mol. The van der Waals surface area contributed by atoms with E-state index in [-0.39, 0.29) is 16.1 Å². The molecule has 0 aliphatic carbocycles. The first-order valence-electron chi connectivity index (χ1n) is 9.85. The van der Waals surface area contributed by atoms with Crippen molar-refractivity contribution in [3.63, 3.8) is 0 Å². The van der Waals surface area contributed by atoms with E-state index in [9.17, 15) is 8.42 Å². The quantitative estimate of drug-likeness (QED) is 0.539. The van der Waals surface area contributed by atoms with E-state index >= 15 is 0 Å². The third-order valence-electron chi connectivity index (χ3n) is 5.54. The third kappa shape index (κ3) is 4.51. The van der Waals surface area contributed by atoms with Gasteiger partial charge in [-0.05, 0) is 49.6 Å². The molecule has 0 saturated carbocycles. The molecule has 2 heterocycles. The van der Waals surface area contributed by atoms with E-state index in [1.807, 2.05) is 12.1 Å². The maximum absolute atomic E-state index is 12.6. The van der Waals surface area contributed by atoms with E-state index in [4.69, 9.17) is 11.6 Å². The van der Waals surface area contributed by atoms with Crippen LogP contribution in [0.3, 0.4) is 0 Å². The number of halogens is 1. The zero-order chi connectivity index (χ0) is 21.1. The number of aromatic nitrogens is 2. The molecule has 1 aliphatic rings. The molecule has 6 nitrogen and oxygen atoms in total. The molecule has 1 saturated heterocycles. The molecule has 0 unspecified atom stereocenters. The number of rotatable bonds is 6. The lowest BCUT2D eigenvalue weighted by Crippen LogP contribution is -2.35. The number of anilines is 1. The van der Waals surface area contributed by atoms with Crippen molar-refractivity contribution in [2.24, 2.45) is 0 Å². The van der Waals surface area contributed by atoms with Crippen LogP contribution in [-0.4, -0.2) is 29.2 Å². The minimum absolute atomic E-state index is 0.0656. The molecular formula is C21H23ClN4O2S2. The van der Waals surface area contributed by atoms with Crippen LogP contribution in [0.15, 0.2) is 59.8 Å². The number of nitrogens with zero attached hydrogens (tertiary/aromatic N) is 3. The van der Waals surface area contributed by atoms with Crippen LogP contribution in [0.2, 0.25) is 5.02 Å². The van der Waals surface area contributed by atoms with Crippen molar-refractivity contribution in [2.75, 3.05) is 11.3 Å². The number of hydrogen-bond donors (Lipinski definition) is 1. The number of sulfonamides is 1. The standard InChI is InChI=1S/C21H23ClN4O2S2/c1-15(26-12-6-5-9-20(26)16-7-3-2-4-8-16)18-11-10-17(13-19(18)22)30(27,28)25-21-23-14-24-29-21/h2-4,7-8,10-11,13-15,20H,5-6,9,12H2,1H3,(H,23,24,25)/t15-,20+/m0/s1. The van der Waals surface area contributed by atoms with Crippen LogP contribution in [0, 0.1) is 0 Å². The van der Waals surface area contributed by atoms with Gasteiger partial charge in [-0.25, -0.2) is 13.4 Å². The predicted octanol–water partition coefficient (Wildman–Crippen LogP) is 5.28. The van der Waals surface area contributed by atoms with Crippen LogP contribution in [0.5, 0.6) is 0 Å². The topological polar surface area (TPSA) is 75.2 Å². The summed E-state index contributed by atoms with van der Waals surface area (Å²) in [5, 5.41) is 0.669. The fourth-order valence-corrected chi connectivity index (χ4v) is 6.13. The summed E-state index contributed by atoms with van der Waals surface area (Å²) < 4.78 is 31.5. The van der Waals surface area contributed by atoms with Gasteiger partial charge in [-0.3, -0.25) is 9.62 Å². The molecule has 1 aliphatic heterocycles. The lowest BCUT2D eigenvalue weighted by atomic mass is 9.92. The van der Waals surface area contributed by atoms with Gasteiger partial charge < -0.3 is 0 Å². The minimum Gasteiger partial charge on any atom is -0.290 e. The summed E-state index contributed by atoms with van der Waals surface area (Å²) in [5.41, 5.74) is 2.23. The molecule has 3 aromatic rings. The van der Waals surface area contributed by atoms with Crippen LogP contribution in [0.4, 0.5) is 5.13 Å². The molecule has 2 atom stereocenters. The summed E-state index contributed by atoms with van der Waals surface area (Å²) in [7, 11) is -3.77. The molecule has 2 aromatic carbocycles. The normalized spacial score (nSPS) is 18.8. The Bertz CT molecular complexity index is 1090. The SMILES string of the molecule is C[C@@H](c1ccc(S(=O)(=O)Nc2ncns2)cc1Cl)N1CCCC[C@@H]1c1ccccc1. The van der Waals surface area contributed by atoms with Gasteiger partial charge >= 0.3 is 0 Å². The first-order chi connectivity index (χ1) is 14.5. The molecule has 158 valence electrons. The van der Waals surface area contributed by atoms with Gasteiger partial charge in [-0.15, -0.1) is 0 Å². The molecule has 0 spiro atoms. The first kappa shape index (κ1) is 21.2. The highest BCUT2D eigenvalue weighted by Gasteiger charge is 2.30. The van der Waals surface area contributed by atoms with Crippen LogP contribution in [-0.2, 0) is 10.0 Å². The number of piperidine rings is 1. The molecular weight excluding hydrogens is 440 g/mol. The third-order valence-corrected chi connectivity index (χ3v) is 7.91. The molecule has 1 N–H and O–H groups in total. The largest absolute Gasteiger partial charge is 0.290 e. The van der Waals surface area contributed by atoms with Crippen LogP contribution in [0.1, 0.15) is 49.4 Å². The van der Waals surface area contributed by atoms with Crippen molar-refractivity contribution in [3.05, 3.63) is 71.0 Å². The molecule has 0 radical (unpaired) electrons. The fourth-order valence-electron chi connectivity index (χ4n) is 4.04. The highest BCUT2D eigenvalue weighted by atomic mass is 35.5. The maximum atomic E-state index is 12.6. The maximum Gasteiger partial charge on any atom is 0.263 e. The number of benzene rings is 2. The van der Waals surface area contributed by atoms with Gasteiger partial charge in [0.15, 0.2) is 0 Å². The van der Waals surface area contributed by atoms with Crippen molar-refractivity contribution in [2.45, 2.75) is 43.2 Å². The van der Waals surface area contributed by atoms with Crippen molar-refractivity contribution >= 4 is 38.3 Å². The zero-order valence-electron chi connectivity index (χ0n) is 16.5. The first-order valence-corrected chi connectivity index (χ1v) is 12.5. The van der Waals surface area contributed by atoms with E-state index in [2.05, 4.69) is 50.2 Å². The van der Waals surface area contributed by atoms with E-state index < -0.39 is 10.0 Å². The molecule has 0 bridgehead atoms. The van der Waals surface area contributed by atoms with Gasteiger partial charge in [0.1, 0.15) is 6.33 Å². The van der Waals surface area contributed by atoms with Gasteiger partial charge in [0.05, 0.1) is 4.90 Å². The Hall–Kier alpha value is -2.00. The van der Waals surface area contributed by atoms with Gasteiger partial charge in [0, 0.05) is 28.6 Å². The number of likely N-dealkylation sites (tertiary alicyclic amines) is 1. The smallest absolute Gasteiger partial charge is 0.263 e.